The predicted molar refractivity (Wildman–Crippen MR) is 114 cm³/mol. The molecule has 0 unspecified atom stereocenters. The Morgan fingerprint density at radius 2 is 1.77 bits per heavy atom. The fourth-order valence-electron chi connectivity index (χ4n) is 3.55. The molecule has 8 nitrogen and oxygen atoms in total. The van der Waals surface area contributed by atoms with Crippen molar-refractivity contribution in [2.24, 2.45) is 0 Å². The summed E-state index contributed by atoms with van der Waals surface area (Å²) < 4.78 is 33.7. The summed E-state index contributed by atoms with van der Waals surface area (Å²) in [4.78, 5) is 19.6. The van der Waals surface area contributed by atoms with Crippen LogP contribution in [0.3, 0.4) is 0 Å². The number of nitrogens with one attached hydrogen (secondary N) is 1. The Morgan fingerprint density at radius 1 is 1.10 bits per heavy atom. The lowest BCUT2D eigenvalue weighted by Crippen LogP contribution is -2.27. The number of rotatable bonds is 5. The van der Waals surface area contributed by atoms with Gasteiger partial charge in [-0.05, 0) is 62.9 Å². The monoisotopic (exact) mass is 446 g/mol. The molecule has 158 valence electrons. The molecule has 3 heterocycles. The second-order valence-electron chi connectivity index (χ2n) is 7.44. The zero-order valence-electron chi connectivity index (χ0n) is 16.9. The zero-order valence-corrected chi connectivity index (χ0v) is 18.6. The SMILES string of the molecule is Cc1cc(C)cc(NS(=O)(=O)c2cc(-c3noc(C(=O)N4CCCC4)n3)sc2C)c1. The number of amides is 1. The summed E-state index contributed by atoms with van der Waals surface area (Å²) in [6, 6.07) is 7.05. The van der Waals surface area contributed by atoms with Crippen molar-refractivity contribution in [2.75, 3.05) is 17.8 Å². The number of likely N-dealkylation sites (tertiary alicyclic amines) is 1. The number of hydrogen-bond acceptors (Lipinski definition) is 7. The van der Waals surface area contributed by atoms with E-state index in [0.717, 1.165) is 24.0 Å². The Hall–Kier alpha value is -2.72. The summed E-state index contributed by atoms with van der Waals surface area (Å²) >= 11 is 1.24. The maximum Gasteiger partial charge on any atom is 0.316 e. The molecule has 4 rings (SSSR count). The fraction of sp³-hybridized carbons (Fsp3) is 0.350. The van der Waals surface area contributed by atoms with E-state index in [2.05, 4.69) is 14.9 Å². The first-order valence-corrected chi connectivity index (χ1v) is 11.9. The van der Waals surface area contributed by atoms with Crippen LogP contribution in [0.25, 0.3) is 10.7 Å². The first-order valence-electron chi connectivity index (χ1n) is 9.58. The quantitative estimate of drug-likeness (QED) is 0.640. The minimum atomic E-state index is -3.79. The van der Waals surface area contributed by atoms with Gasteiger partial charge in [0.15, 0.2) is 0 Å². The molecule has 1 aliphatic rings. The standard InChI is InChI=1S/C20H22N4O4S2/c1-12-8-13(2)10-15(9-12)23-30(26,27)17-11-16(29-14(17)3)18-21-19(28-22-18)20(25)24-6-4-5-7-24/h8-11,23H,4-7H2,1-3H3. The minimum absolute atomic E-state index is 0.0734. The van der Waals surface area contributed by atoms with E-state index < -0.39 is 10.0 Å². The van der Waals surface area contributed by atoms with Gasteiger partial charge in [0, 0.05) is 23.7 Å². The molecule has 0 radical (unpaired) electrons. The lowest BCUT2D eigenvalue weighted by atomic mass is 10.1. The molecule has 0 spiro atoms. The number of sulfonamides is 1. The van der Waals surface area contributed by atoms with E-state index in [1.807, 2.05) is 19.9 Å². The molecule has 0 atom stereocenters. The largest absolute Gasteiger partial charge is 0.334 e. The van der Waals surface area contributed by atoms with E-state index in [0.29, 0.717) is 28.5 Å². The van der Waals surface area contributed by atoms with E-state index in [1.54, 1.807) is 24.0 Å². The number of carbonyl (C=O) groups excluding carboxylic acids is 1. The van der Waals surface area contributed by atoms with Crippen LogP contribution in [0.4, 0.5) is 5.69 Å². The van der Waals surface area contributed by atoms with Crippen LogP contribution >= 0.6 is 11.3 Å². The van der Waals surface area contributed by atoms with E-state index in [9.17, 15) is 13.2 Å². The van der Waals surface area contributed by atoms with Crippen LogP contribution in [-0.2, 0) is 10.0 Å². The van der Waals surface area contributed by atoms with Crippen molar-refractivity contribution in [2.45, 2.75) is 38.5 Å². The molecule has 10 heteroatoms. The average Bonchev–Trinajstić information content (AvgIpc) is 3.40. The van der Waals surface area contributed by atoms with E-state index in [4.69, 9.17) is 4.52 Å². The third-order valence-corrected chi connectivity index (χ3v) is 7.54. The third kappa shape index (κ3) is 4.10. The van der Waals surface area contributed by atoms with Crippen molar-refractivity contribution < 1.29 is 17.7 Å². The predicted octanol–water partition coefficient (Wildman–Crippen LogP) is 3.76. The average molecular weight is 447 g/mol. The molecule has 0 bridgehead atoms. The lowest BCUT2D eigenvalue weighted by molar-refractivity contribution is 0.0743. The Kier molecular flexibility index (Phi) is 5.37. The molecule has 1 aliphatic heterocycles. The number of thiophene rings is 1. The van der Waals surface area contributed by atoms with Gasteiger partial charge >= 0.3 is 11.8 Å². The summed E-state index contributed by atoms with van der Waals surface area (Å²) in [5.74, 6) is -0.155. The number of hydrogen-bond donors (Lipinski definition) is 1. The van der Waals surface area contributed by atoms with Crippen molar-refractivity contribution in [1.82, 2.24) is 15.0 Å². The van der Waals surface area contributed by atoms with Gasteiger partial charge in [-0.25, -0.2) is 8.42 Å². The first kappa shape index (κ1) is 20.5. The summed E-state index contributed by atoms with van der Waals surface area (Å²) in [6.07, 6.45) is 1.93. The minimum Gasteiger partial charge on any atom is -0.334 e. The van der Waals surface area contributed by atoms with Crippen molar-refractivity contribution in [3.8, 4) is 10.7 Å². The number of nitrogens with zero attached hydrogens (tertiary/aromatic N) is 3. The van der Waals surface area contributed by atoms with Crippen LogP contribution in [0.5, 0.6) is 0 Å². The highest BCUT2D eigenvalue weighted by molar-refractivity contribution is 7.93. The highest BCUT2D eigenvalue weighted by atomic mass is 32.2. The van der Waals surface area contributed by atoms with Crippen LogP contribution < -0.4 is 4.72 Å². The highest BCUT2D eigenvalue weighted by Crippen LogP contribution is 2.33. The second-order valence-corrected chi connectivity index (χ2v) is 10.3. The maximum absolute atomic E-state index is 12.9. The van der Waals surface area contributed by atoms with Gasteiger partial charge in [0.1, 0.15) is 4.90 Å². The van der Waals surface area contributed by atoms with Crippen LogP contribution in [0.15, 0.2) is 33.7 Å². The number of aryl methyl sites for hydroxylation is 3. The zero-order chi connectivity index (χ0) is 21.5. The topological polar surface area (TPSA) is 105 Å². The molecule has 1 N–H and O–H groups in total. The molecule has 0 aliphatic carbocycles. The van der Waals surface area contributed by atoms with Crippen molar-refractivity contribution in [3.05, 3.63) is 46.2 Å². The molecular weight excluding hydrogens is 424 g/mol. The number of carbonyl (C=O) groups is 1. The van der Waals surface area contributed by atoms with Crippen molar-refractivity contribution >= 4 is 33.0 Å². The summed E-state index contributed by atoms with van der Waals surface area (Å²) in [7, 11) is -3.79. The third-order valence-electron chi connectivity index (χ3n) is 4.86. The van der Waals surface area contributed by atoms with Gasteiger partial charge in [0.05, 0.1) is 4.88 Å². The van der Waals surface area contributed by atoms with Gasteiger partial charge in [-0.3, -0.25) is 9.52 Å². The van der Waals surface area contributed by atoms with Gasteiger partial charge in [0.25, 0.3) is 10.0 Å². The molecule has 3 aromatic rings. The summed E-state index contributed by atoms with van der Waals surface area (Å²) in [5, 5.41) is 3.88. The van der Waals surface area contributed by atoms with E-state index in [1.165, 1.54) is 17.4 Å². The Bertz CT molecular complexity index is 1190. The molecule has 1 amide bonds. The van der Waals surface area contributed by atoms with Crippen LogP contribution in [-0.4, -0.2) is 42.5 Å². The number of aromatic nitrogens is 2. The molecule has 2 aromatic heterocycles. The van der Waals surface area contributed by atoms with E-state index in [-0.39, 0.29) is 22.5 Å². The smallest absolute Gasteiger partial charge is 0.316 e. The Labute approximate surface area is 179 Å². The van der Waals surface area contributed by atoms with E-state index >= 15 is 0 Å². The molecule has 1 saturated heterocycles. The van der Waals surface area contributed by atoms with Crippen molar-refractivity contribution in [3.63, 3.8) is 0 Å². The Morgan fingerprint density at radius 3 is 2.43 bits per heavy atom. The lowest BCUT2D eigenvalue weighted by Gasteiger charge is -2.10. The highest BCUT2D eigenvalue weighted by Gasteiger charge is 2.27. The van der Waals surface area contributed by atoms with Gasteiger partial charge in [-0.2, -0.15) is 4.98 Å². The van der Waals surface area contributed by atoms with Gasteiger partial charge in [-0.1, -0.05) is 11.2 Å². The molecule has 30 heavy (non-hydrogen) atoms. The van der Waals surface area contributed by atoms with Crippen LogP contribution in [0, 0.1) is 20.8 Å². The maximum atomic E-state index is 12.9. The molecular formula is C20H22N4O4S2. The van der Waals surface area contributed by atoms with Crippen LogP contribution in [0.1, 0.15) is 39.5 Å². The Balaban J connectivity index is 1.59. The number of benzene rings is 1. The van der Waals surface area contributed by atoms with Gasteiger partial charge < -0.3 is 9.42 Å². The fourth-order valence-corrected chi connectivity index (χ4v) is 6.11. The molecule has 1 aromatic carbocycles. The summed E-state index contributed by atoms with van der Waals surface area (Å²) in [6.45, 7) is 6.91. The normalized spacial score (nSPS) is 14.3. The second kappa shape index (κ2) is 7.84. The van der Waals surface area contributed by atoms with Crippen LogP contribution in [0.2, 0.25) is 0 Å². The molecule has 0 saturated carbocycles. The number of anilines is 1. The van der Waals surface area contributed by atoms with Crippen molar-refractivity contribution in [1.29, 1.82) is 0 Å². The summed E-state index contributed by atoms with van der Waals surface area (Å²) in [5.41, 5.74) is 2.45. The van der Waals surface area contributed by atoms with Gasteiger partial charge in [0.2, 0.25) is 5.82 Å². The first-order chi connectivity index (χ1) is 14.2. The molecule has 1 fully saturated rings. The van der Waals surface area contributed by atoms with Gasteiger partial charge in [-0.15, -0.1) is 11.3 Å².